The van der Waals surface area contributed by atoms with E-state index in [0.29, 0.717) is 11.5 Å². The molecule has 20 heteroatoms. The van der Waals surface area contributed by atoms with E-state index in [1.54, 1.807) is 16.8 Å². The maximum atomic E-state index is 11.9. The minimum absolute atomic E-state index is 0.0773. The molecule has 0 aliphatic carbocycles. The van der Waals surface area contributed by atoms with E-state index in [0.717, 1.165) is 8.62 Å². The van der Waals surface area contributed by atoms with Gasteiger partial charge in [-0.25, -0.2) is 9.13 Å². The molecule has 183 valence electrons. The first-order valence-electron chi connectivity index (χ1n) is 9.32. The standard InChI is InChI=1S/C11H16N4O12P3.C2H5.Y/c12-10-6-1-2-15(11(6)14-5-13-10)9-3-7(16)8(25-9)4-24-29(20,21)27-30(22,23)26-28(17,18)19;1-2;/h1-2,5,7-9,16H,3-4H2,(H5-,12,13,14,17,18,19,20,21,22,23);1H2,2H3;/q-1;;+1/t7-,8-,9-;;/m1../s1. The van der Waals surface area contributed by atoms with Gasteiger partial charge in [-0.05, 0) is 0 Å². The number of aliphatic hydroxyl groups excluding tert-OH is 1. The van der Waals surface area contributed by atoms with E-state index >= 15 is 0 Å². The molecule has 0 aromatic carbocycles. The number of hydrogen-bond acceptors (Lipinski definition) is 11. The number of nitrogens with one attached hydrogen (secondary N) is 1. The molecule has 5 atom stereocenters. The first-order valence-corrected chi connectivity index (χ1v) is 17.3. The van der Waals surface area contributed by atoms with Crippen LogP contribution in [0.1, 0.15) is 19.6 Å². The van der Waals surface area contributed by atoms with Crippen LogP contribution in [0.4, 0.5) is 5.82 Å². The van der Waals surface area contributed by atoms with Crippen molar-refractivity contribution in [2.75, 3.05) is 9.06 Å². The molecule has 0 saturated carbocycles. The third kappa shape index (κ3) is 7.67. The number of ether oxygens (including phenoxy) is 1. The number of fused-ring (bicyclic) bond motifs is 1. The zero-order valence-electron chi connectivity index (χ0n) is 16.9. The quantitative estimate of drug-likeness (QED) is 0.198. The number of aliphatic hydroxyl groups is 1. The molecule has 2 unspecified atom stereocenters. The van der Waals surface area contributed by atoms with Crippen molar-refractivity contribution < 1.29 is 85.8 Å². The Balaban J connectivity index is 1.65. The minimum atomic E-state index is -5.63. The molecule has 0 bridgehead atoms. The van der Waals surface area contributed by atoms with Crippen molar-refractivity contribution in [1.82, 2.24) is 14.5 Å². The summed E-state index contributed by atoms with van der Waals surface area (Å²) in [5.74, 6) is 0.713. The van der Waals surface area contributed by atoms with Crippen molar-refractivity contribution in [1.29, 1.82) is 0 Å². The molecule has 0 radical (unpaired) electrons. The molecule has 0 amide bonds. The summed E-state index contributed by atoms with van der Waals surface area (Å²) in [6, 6.07) is 1.80. The Morgan fingerprint density at radius 2 is 1.94 bits per heavy atom. The molecule has 2 aromatic heterocycles. The Bertz CT molecular complexity index is 1130. The van der Waals surface area contributed by atoms with Gasteiger partial charge in [0.05, 0.1) is 0 Å². The number of hydrogen-bond donors (Lipinski definition) is 6. The monoisotopic (exact) mass is 607 g/mol. The summed E-state index contributed by atoms with van der Waals surface area (Å²) >= 11 is -0.975. The predicted octanol–water partition coefficient (Wildman–Crippen LogP) is 1.27. The molecule has 0 spiro atoms. The second-order valence-corrected chi connectivity index (χ2v) is 14.9. The van der Waals surface area contributed by atoms with Gasteiger partial charge in [0.2, 0.25) is 0 Å². The van der Waals surface area contributed by atoms with Gasteiger partial charge in [-0.3, -0.25) is 0 Å². The molecule has 16 nitrogen and oxygen atoms in total. The Morgan fingerprint density at radius 3 is 2.61 bits per heavy atom. The van der Waals surface area contributed by atoms with Crippen LogP contribution in [0.25, 0.3) is 11.0 Å². The molecule has 1 aliphatic heterocycles. The van der Waals surface area contributed by atoms with Crippen LogP contribution in [-0.2, 0) is 61.1 Å². The van der Waals surface area contributed by atoms with E-state index in [-0.39, 0.29) is 6.42 Å². The average molecular weight is 607 g/mol. The molecule has 2 aromatic rings. The molecule has 33 heavy (non-hydrogen) atoms. The van der Waals surface area contributed by atoms with E-state index in [2.05, 4.69) is 32.5 Å². The third-order valence-corrected chi connectivity index (χ3v) is 10.3. The summed E-state index contributed by atoms with van der Waals surface area (Å²) in [4.78, 5) is 44.3. The van der Waals surface area contributed by atoms with E-state index < -0.39 is 78.0 Å². The fourth-order valence-corrected chi connectivity index (χ4v) is 7.60. The van der Waals surface area contributed by atoms with Crippen molar-refractivity contribution in [2.45, 2.75) is 35.0 Å². The second kappa shape index (κ2) is 10.9. The van der Waals surface area contributed by atoms with Gasteiger partial charge >= 0.3 is 175 Å². The summed E-state index contributed by atoms with van der Waals surface area (Å²) in [5.41, 5.74) is 0.553. The Morgan fingerprint density at radius 1 is 1.21 bits per heavy atom. The predicted molar refractivity (Wildman–Crippen MR) is 106 cm³/mol. The molecule has 1 saturated heterocycles. The van der Waals surface area contributed by atoms with E-state index in [1.165, 1.54) is 6.33 Å². The third-order valence-electron chi connectivity index (χ3n) is 4.28. The zero-order valence-corrected chi connectivity index (χ0v) is 22.5. The Kier molecular flexibility index (Phi) is 9.03. The Labute approximate surface area is 202 Å². The summed E-state index contributed by atoms with van der Waals surface area (Å²) in [6.07, 6.45) is 0.196. The topological polar surface area (TPSA) is 232 Å². The second-order valence-electron chi connectivity index (χ2n) is 6.76. The van der Waals surface area contributed by atoms with Crippen LogP contribution in [0.3, 0.4) is 0 Å². The van der Waals surface area contributed by atoms with Gasteiger partial charge in [-0.1, -0.05) is 0 Å². The SMILES string of the molecule is C[CH2][Y][NH]c1ncnc2c1ccn2[C@H]1C[C@@H](O)[C@@H](COP(=O)(O)OP(=O)(O)OP(=O)(O)O)O1. The van der Waals surface area contributed by atoms with E-state index in [9.17, 15) is 28.6 Å². The Hall–Kier alpha value is -0.146. The van der Waals surface area contributed by atoms with Gasteiger partial charge in [0.15, 0.2) is 0 Å². The van der Waals surface area contributed by atoms with Crippen LogP contribution >= 0.6 is 23.5 Å². The van der Waals surface area contributed by atoms with Crippen LogP contribution < -0.4 is 2.45 Å². The number of phosphoric acid groups is 3. The van der Waals surface area contributed by atoms with Crippen LogP contribution in [0.15, 0.2) is 18.6 Å². The van der Waals surface area contributed by atoms with Crippen molar-refractivity contribution in [3.63, 3.8) is 0 Å². The average Bonchev–Trinajstić information content (AvgIpc) is 3.25. The van der Waals surface area contributed by atoms with Crippen molar-refractivity contribution in [2.24, 2.45) is 0 Å². The number of anilines is 1. The summed E-state index contributed by atoms with van der Waals surface area (Å²) in [6.45, 7) is 1.35. The van der Waals surface area contributed by atoms with Gasteiger partial charge < -0.3 is 14.7 Å². The van der Waals surface area contributed by atoms with E-state index in [1.807, 2.05) is 0 Å². The number of aromatic nitrogens is 3. The molecular formula is C13H21N4O12P3Y. The maximum absolute atomic E-state index is 11.9. The van der Waals surface area contributed by atoms with Crippen molar-refractivity contribution in [3.8, 4) is 0 Å². The van der Waals surface area contributed by atoms with Crippen molar-refractivity contribution in [3.05, 3.63) is 18.6 Å². The number of nitrogens with zero attached hydrogens (tertiary/aromatic N) is 3. The normalized spacial score (nSPS) is 24.8. The summed E-state index contributed by atoms with van der Waals surface area (Å²) in [5, 5.41) is 11.1. The fraction of sp³-hybridized carbons (Fsp3) is 0.538. The number of phosphoric ester groups is 1. The van der Waals surface area contributed by atoms with Crippen molar-refractivity contribution >= 4 is 40.3 Å². The number of rotatable bonds is 11. The van der Waals surface area contributed by atoms with E-state index in [4.69, 9.17) is 14.5 Å². The molecule has 1 fully saturated rings. The van der Waals surface area contributed by atoms with Gasteiger partial charge in [0, 0.05) is 0 Å². The molecule has 3 rings (SSSR count). The van der Waals surface area contributed by atoms with Gasteiger partial charge in [-0.2, -0.15) is 4.31 Å². The fourth-order valence-electron chi connectivity index (χ4n) is 3.02. The molecule has 1 aliphatic rings. The first kappa shape index (κ1) is 27.4. The van der Waals surface area contributed by atoms with Crippen LogP contribution in [0, 0.1) is 0 Å². The van der Waals surface area contributed by atoms with Crippen LogP contribution in [0.2, 0.25) is 3.23 Å². The molecule has 3 heterocycles. The summed E-state index contributed by atoms with van der Waals surface area (Å²) in [7, 11) is -16.4. The zero-order chi connectivity index (χ0) is 24.4. The van der Waals surface area contributed by atoms with Gasteiger partial charge in [0.25, 0.3) is 0 Å². The first-order chi connectivity index (χ1) is 15.3. The van der Waals surface area contributed by atoms with Gasteiger partial charge in [-0.15, -0.1) is 0 Å². The molecule has 6 N–H and O–H groups in total. The van der Waals surface area contributed by atoms with Crippen LogP contribution in [-0.4, -0.2) is 58.0 Å². The van der Waals surface area contributed by atoms with Gasteiger partial charge in [0.1, 0.15) is 0 Å². The molecular weight excluding hydrogens is 586 g/mol. The summed E-state index contributed by atoms with van der Waals surface area (Å²) < 4.78 is 57.6. The van der Waals surface area contributed by atoms with Crippen LogP contribution in [0.5, 0.6) is 0 Å².